The van der Waals surface area contributed by atoms with Gasteiger partial charge in [0.15, 0.2) is 11.5 Å². The highest BCUT2D eigenvalue weighted by atomic mass is 16.7. The van der Waals surface area contributed by atoms with Gasteiger partial charge in [-0.3, -0.25) is 14.9 Å². The number of nitro groups is 1. The maximum Gasteiger partial charge on any atom is 0.282 e. The van der Waals surface area contributed by atoms with Crippen LogP contribution in [0.25, 0.3) is 0 Å². The molecule has 0 atom stereocenters. The third-order valence-electron chi connectivity index (χ3n) is 4.81. The molecule has 1 N–H and O–H groups in total. The van der Waals surface area contributed by atoms with Gasteiger partial charge in [0, 0.05) is 5.56 Å². The van der Waals surface area contributed by atoms with Gasteiger partial charge in [-0.2, -0.15) is 5.10 Å². The van der Waals surface area contributed by atoms with E-state index >= 15 is 0 Å². The van der Waals surface area contributed by atoms with Gasteiger partial charge in [-0.1, -0.05) is 0 Å². The fourth-order valence-corrected chi connectivity index (χ4v) is 3.32. The van der Waals surface area contributed by atoms with Crippen LogP contribution in [0.5, 0.6) is 17.2 Å². The SMILES string of the molecule is O=C(N/N=C\c1cc2c(cc1[N+](=O)[O-])OCO2)c1ccc(OC2CCCC2)cc1. The van der Waals surface area contributed by atoms with Crippen molar-refractivity contribution < 1.29 is 23.9 Å². The molecule has 9 nitrogen and oxygen atoms in total. The van der Waals surface area contributed by atoms with Crippen molar-refractivity contribution in [2.24, 2.45) is 5.10 Å². The predicted octanol–water partition coefficient (Wildman–Crippen LogP) is 3.41. The van der Waals surface area contributed by atoms with Crippen LogP contribution < -0.4 is 19.6 Å². The summed E-state index contributed by atoms with van der Waals surface area (Å²) in [6.07, 6.45) is 5.94. The van der Waals surface area contributed by atoms with Gasteiger partial charge in [0.1, 0.15) is 5.75 Å². The van der Waals surface area contributed by atoms with E-state index in [1.165, 1.54) is 31.2 Å². The Labute approximate surface area is 166 Å². The van der Waals surface area contributed by atoms with Crippen molar-refractivity contribution in [2.45, 2.75) is 31.8 Å². The number of carbonyl (C=O) groups excluding carboxylic acids is 1. The van der Waals surface area contributed by atoms with E-state index in [4.69, 9.17) is 14.2 Å². The average Bonchev–Trinajstić information content (AvgIpc) is 3.39. The molecule has 0 unspecified atom stereocenters. The second-order valence-corrected chi connectivity index (χ2v) is 6.77. The number of nitrogens with one attached hydrogen (secondary N) is 1. The fourth-order valence-electron chi connectivity index (χ4n) is 3.32. The molecular formula is C20H19N3O6. The molecule has 9 heteroatoms. The molecular weight excluding hydrogens is 378 g/mol. The van der Waals surface area contributed by atoms with E-state index in [0.717, 1.165) is 18.6 Å². The number of fused-ring (bicyclic) bond motifs is 1. The number of rotatable bonds is 6. The summed E-state index contributed by atoms with van der Waals surface area (Å²) in [6, 6.07) is 9.52. The standard InChI is InChI=1S/C20H19N3O6/c24-20(13-5-7-16(8-6-13)29-15-3-1-2-4-15)22-21-11-14-9-18-19(28-12-27-18)10-17(14)23(25)26/h5-11,15H,1-4,12H2,(H,22,24)/b21-11-. The molecule has 29 heavy (non-hydrogen) atoms. The summed E-state index contributed by atoms with van der Waals surface area (Å²) in [6.45, 7) is 0.00424. The van der Waals surface area contributed by atoms with Gasteiger partial charge in [-0.25, -0.2) is 5.43 Å². The molecule has 0 saturated heterocycles. The second kappa shape index (κ2) is 8.17. The molecule has 2 aromatic carbocycles. The minimum atomic E-state index is -0.547. The smallest absolute Gasteiger partial charge is 0.282 e. The Morgan fingerprint density at radius 3 is 2.55 bits per heavy atom. The summed E-state index contributed by atoms with van der Waals surface area (Å²) in [4.78, 5) is 22.9. The first-order valence-electron chi connectivity index (χ1n) is 9.28. The molecule has 1 saturated carbocycles. The fraction of sp³-hybridized carbons (Fsp3) is 0.300. The van der Waals surface area contributed by atoms with Crippen LogP contribution >= 0.6 is 0 Å². The number of hydrazone groups is 1. The van der Waals surface area contributed by atoms with Crippen molar-refractivity contribution >= 4 is 17.8 Å². The molecule has 4 rings (SSSR count). The number of amides is 1. The van der Waals surface area contributed by atoms with E-state index in [0.29, 0.717) is 17.1 Å². The number of nitro benzene ring substituents is 1. The second-order valence-electron chi connectivity index (χ2n) is 6.77. The van der Waals surface area contributed by atoms with Gasteiger partial charge in [-0.15, -0.1) is 0 Å². The molecule has 150 valence electrons. The number of hydrogen-bond acceptors (Lipinski definition) is 7. The Hall–Kier alpha value is -3.62. The van der Waals surface area contributed by atoms with E-state index in [2.05, 4.69) is 10.5 Å². The van der Waals surface area contributed by atoms with E-state index in [9.17, 15) is 14.9 Å². The van der Waals surface area contributed by atoms with Crippen molar-refractivity contribution in [1.29, 1.82) is 0 Å². The Morgan fingerprint density at radius 1 is 1.17 bits per heavy atom. The Kier molecular flexibility index (Phi) is 5.28. The van der Waals surface area contributed by atoms with Gasteiger partial charge in [0.25, 0.3) is 11.6 Å². The molecule has 1 aliphatic carbocycles. The summed E-state index contributed by atoms with van der Waals surface area (Å²) in [5.41, 5.74) is 2.77. The van der Waals surface area contributed by atoms with Crippen LogP contribution in [0.1, 0.15) is 41.6 Å². The van der Waals surface area contributed by atoms with Crippen LogP contribution in [-0.4, -0.2) is 29.9 Å². The third-order valence-corrected chi connectivity index (χ3v) is 4.81. The van der Waals surface area contributed by atoms with Crippen molar-refractivity contribution in [2.75, 3.05) is 6.79 Å². The lowest BCUT2D eigenvalue weighted by Gasteiger charge is -2.13. The molecule has 0 spiro atoms. The topological polar surface area (TPSA) is 112 Å². The summed E-state index contributed by atoms with van der Waals surface area (Å²) in [5.74, 6) is 0.990. The molecule has 0 aromatic heterocycles. The molecule has 0 radical (unpaired) electrons. The number of carbonyl (C=O) groups is 1. The van der Waals surface area contributed by atoms with Gasteiger partial charge >= 0.3 is 0 Å². The maximum absolute atomic E-state index is 12.3. The summed E-state index contributed by atoms with van der Waals surface area (Å²) >= 11 is 0. The van der Waals surface area contributed by atoms with Crippen molar-refractivity contribution in [3.63, 3.8) is 0 Å². The maximum atomic E-state index is 12.3. The van der Waals surface area contributed by atoms with Crippen LogP contribution in [0.4, 0.5) is 5.69 Å². The zero-order valence-corrected chi connectivity index (χ0v) is 15.5. The van der Waals surface area contributed by atoms with Crippen LogP contribution in [0.15, 0.2) is 41.5 Å². The monoisotopic (exact) mass is 397 g/mol. The van der Waals surface area contributed by atoms with Crippen LogP contribution in [0.2, 0.25) is 0 Å². The van der Waals surface area contributed by atoms with Crippen LogP contribution in [0.3, 0.4) is 0 Å². The first-order valence-corrected chi connectivity index (χ1v) is 9.28. The summed E-state index contributed by atoms with van der Waals surface area (Å²) < 4.78 is 16.2. The predicted molar refractivity (Wildman–Crippen MR) is 104 cm³/mol. The van der Waals surface area contributed by atoms with Crippen molar-refractivity contribution in [3.8, 4) is 17.2 Å². The van der Waals surface area contributed by atoms with Gasteiger partial charge < -0.3 is 14.2 Å². The number of benzene rings is 2. The van der Waals surface area contributed by atoms with E-state index < -0.39 is 10.8 Å². The van der Waals surface area contributed by atoms with Gasteiger partial charge in [0.05, 0.1) is 28.9 Å². The van der Waals surface area contributed by atoms with Crippen LogP contribution in [0, 0.1) is 10.1 Å². The molecule has 1 amide bonds. The van der Waals surface area contributed by atoms with E-state index in [1.807, 2.05) is 0 Å². The van der Waals surface area contributed by atoms with Crippen molar-refractivity contribution in [1.82, 2.24) is 5.43 Å². The largest absolute Gasteiger partial charge is 0.490 e. The lowest BCUT2D eigenvalue weighted by Crippen LogP contribution is -2.17. The lowest BCUT2D eigenvalue weighted by atomic mass is 10.1. The van der Waals surface area contributed by atoms with E-state index in [-0.39, 0.29) is 24.1 Å². The van der Waals surface area contributed by atoms with E-state index in [1.54, 1.807) is 24.3 Å². The Morgan fingerprint density at radius 2 is 1.86 bits per heavy atom. The number of nitrogens with zero attached hydrogens (tertiary/aromatic N) is 2. The zero-order chi connectivity index (χ0) is 20.2. The normalized spacial score (nSPS) is 15.6. The van der Waals surface area contributed by atoms with Crippen molar-refractivity contribution in [3.05, 3.63) is 57.6 Å². The minimum Gasteiger partial charge on any atom is -0.490 e. The quantitative estimate of drug-likeness (QED) is 0.454. The highest BCUT2D eigenvalue weighted by Crippen LogP contribution is 2.37. The molecule has 1 fully saturated rings. The highest BCUT2D eigenvalue weighted by Gasteiger charge is 2.22. The third kappa shape index (κ3) is 4.29. The minimum absolute atomic E-state index is 0.00424. The van der Waals surface area contributed by atoms with Crippen LogP contribution in [-0.2, 0) is 0 Å². The molecule has 2 aromatic rings. The first-order chi connectivity index (χ1) is 14.1. The molecule has 1 aliphatic heterocycles. The Balaban J connectivity index is 1.40. The summed E-state index contributed by atoms with van der Waals surface area (Å²) in [5, 5.41) is 15.1. The summed E-state index contributed by atoms with van der Waals surface area (Å²) in [7, 11) is 0. The van der Waals surface area contributed by atoms with Gasteiger partial charge in [-0.05, 0) is 56.0 Å². The number of hydrogen-bond donors (Lipinski definition) is 1. The highest BCUT2D eigenvalue weighted by molar-refractivity contribution is 5.95. The van der Waals surface area contributed by atoms with Gasteiger partial charge in [0.2, 0.25) is 6.79 Å². The zero-order valence-electron chi connectivity index (χ0n) is 15.5. The molecule has 0 bridgehead atoms. The molecule has 1 heterocycles. The average molecular weight is 397 g/mol. The lowest BCUT2D eigenvalue weighted by molar-refractivity contribution is -0.385. The number of ether oxygens (including phenoxy) is 3. The first kappa shape index (κ1) is 18.7. The molecule has 2 aliphatic rings. The Bertz CT molecular complexity index is 951.